The number of aliphatic imine (C=N–C) groups is 2. The van der Waals surface area contributed by atoms with Crippen LogP contribution < -0.4 is 20.7 Å². The average Bonchev–Trinajstić information content (AvgIpc) is 3.19. The maximum absolute atomic E-state index is 8.90. The van der Waals surface area contributed by atoms with E-state index in [0.717, 1.165) is 65.2 Å². The topological polar surface area (TPSA) is 93.8 Å². The lowest BCUT2D eigenvalue weighted by molar-refractivity contribution is 0.346. The van der Waals surface area contributed by atoms with Gasteiger partial charge in [-0.2, -0.15) is 5.26 Å². The molecule has 0 fully saturated rings. The van der Waals surface area contributed by atoms with Crippen molar-refractivity contribution in [2.24, 2.45) is 15.9 Å². The number of benzene rings is 1. The van der Waals surface area contributed by atoms with Crippen LogP contribution in [0.15, 0.2) is 112 Å². The van der Waals surface area contributed by atoms with E-state index in [1.807, 2.05) is 45.2 Å². The fraction of sp³-hybridized carbons (Fsp3) is 0.375. The van der Waals surface area contributed by atoms with Gasteiger partial charge in [0.2, 0.25) is 0 Å². The molecule has 1 aliphatic carbocycles. The highest BCUT2D eigenvalue weighted by Crippen LogP contribution is 2.30. The zero-order chi connectivity index (χ0) is 35.6. The molecule has 3 N–H and O–H groups in total. The molecule has 1 aromatic rings. The Morgan fingerprint density at radius 1 is 1.23 bits per heavy atom. The second-order valence-electron chi connectivity index (χ2n) is 10.4. The molecule has 2 unspecified atom stereocenters. The Morgan fingerprint density at radius 3 is 2.60 bits per heavy atom. The zero-order valence-electron chi connectivity index (χ0n) is 29.5. The summed E-state index contributed by atoms with van der Waals surface area (Å²) in [4.78, 5) is 8.19. The summed E-state index contributed by atoms with van der Waals surface area (Å²) in [5.74, 6) is 1.25. The van der Waals surface area contributed by atoms with Gasteiger partial charge in [-0.05, 0) is 79.2 Å². The summed E-state index contributed by atoms with van der Waals surface area (Å²) in [5, 5.41) is 18.8. The molecule has 2 atom stereocenters. The number of nitriles is 1. The van der Waals surface area contributed by atoms with Crippen molar-refractivity contribution in [3.8, 4) is 24.7 Å². The Morgan fingerprint density at radius 2 is 1.96 bits per heavy atom. The Hall–Kier alpha value is -5.01. The molecule has 0 amide bonds. The summed E-state index contributed by atoms with van der Waals surface area (Å²) < 4.78 is 5.61. The van der Waals surface area contributed by atoms with Crippen LogP contribution in [0.25, 0.3) is 0 Å². The van der Waals surface area contributed by atoms with Crippen molar-refractivity contribution in [1.29, 1.82) is 5.26 Å². The first-order valence-corrected chi connectivity index (χ1v) is 16.2. The van der Waals surface area contributed by atoms with E-state index >= 15 is 0 Å². The van der Waals surface area contributed by atoms with Gasteiger partial charge >= 0.3 is 0 Å². The molecule has 7 nitrogen and oxygen atoms in total. The van der Waals surface area contributed by atoms with Crippen LogP contribution in [0.5, 0.6) is 5.75 Å². The van der Waals surface area contributed by atoms with Crippen LogP contribution in [0, 0.1) is 30.1 Å². The first kappa shape index (κ1) is 42.0. The quantitative estimate of drug-likeness (QED) is 0.0742. The molecule has 47 heavy (non-hydrogen) atoms. The molecule has 0 saturated carbocycles. The van der Waals surface area contributed by atoms with E-state index in [4.69, 9.17) is 10.00 Å². The standard InChI is InChI=1S/C21H27N3O.C15H21N3.C2H6.C2H2/c1-6-19(10-11-22-7-2)16(4)17(5)23-13-18-8-9-21-20(12-18)24-15(3)14-25-21;1-12-8-9-14(13(2)10-16)6-4-5-7-15(12)18-11-17-3;2*1-2/h7-10,12,23-24H,3-6,11,13-14H2,1-2H3;6,8-9,11-12,15H,2,4-5,7H2,1,3H3,(H,17,18);1-2H3;1-2H/b;9-8-,14-6+;;. The molecule has 3 rings (SSSR count). The van der Waals surface area contributed by atoms with Crippen LogP contribution in [-0.2, 0) is 6.54 Å². The molecule has 1 heterocycles. The maximum atomic E-state index is 8.90. The number of hydrogen-bond acceptors (Lipinski definition) is 6. The molecule has 1 aromatic carbocycles. The summed E-state index contributed by atoms with van der Waals surface area (Å²) in [6.45, 7) is 28.0. The van der Waals surface area contributed by atoms with E-state index in [9.17, 15) is 0 Å². The largest absolute Gasteiger partial charge is 0.485 e. The fourth-order valence-corrected chi connectivity index (χ4v) is 4.57. The van der Waals surface area contributed by atoms with Gasteiger partial charge in [0.05, 0.1) is 30.2 Å². The van der Waals surface area contributed by atoms with E-state index in [-0.39, 0.29) is 0 Å². The minimum Gasteiger partial charge on any atom is -0.485 e. The summed E-state index contributed by atoms with van der Waals surface area (Å²) in [7, 11) is 1.76. The summed E-state index contributed by atoms with van der Waals surface area (Å²) in [6, 6.07) is 8.60. The first-order valence-electron chi connectivity index (χ1n) is 16.2. The number of terminal acetylenes is 1. The van der Waals surface area contributed by atoms with Gasteiger partial charge in [0.1, 0.15) is 12.4 Å². The number of allylic oxidation sites excluding steroid dienone is 5. The van der Waals surface area contributed by atoms with Gasteiger partial charge < -0.3 is 20.7 Å². The van der Waals surface area contributed by atoms with Crippen molar-refractivity contribution in [3.63, 3.8) is 0 Å². The number of anilines is 1. The van der Waals surface area contributed by atoms with Crippen LogP contribution in [-0.4, -0.2) is 38.8 Å². The number of ether oxygens (including phenoxy) is 1. The number of hydrogen-bond donors (Lipinski definition) is 3. The molecular weight excluding hydrogens is 580 g/mol. The number of nitrogens with one attached hydrogen (secondary N) is 3. The number of fused-ring (bicyclic) bond motifs is 1. The molecule has 0 radical (unpaired) electrons. The van der Waals surface area contributed by atoms with Crippen molar-refractivity contribution in [1.82, 2.24) is 10.6 Å². The van der Waals surface area contributed by atoms with Gasteiger partial charge in [0.25, 0.3) is 0 Å². The number of nitrogens with zero attached hydrogens (tertiary/aromatic N) is 3. The minimum atomic E-state index is 0.396. The Kier molecular flexibility index (Phi) is 22.5. The highest BCUT2D eigenvalue weighted by Gasteiger charge is 2.15. The van der Waals surface area contributed by atoms with Crippen LogP contribution >= 0.6 is 0 Å². The Bertz CT molecular complexity index is 1380. The molecule has 0 bridgehead atoms. The van der Waals surface area contributed by atoms with Gasteiger partial charge in [0, 0.05) is 31.0 Å². The van der Waals surface area contributed by atoms with Gasteiger partial charge in [-0.25, -0.2) is 0 Å². The highest BCUT2D eigenvalue weighted by molar-refractivity contribution is 5.63. The molecule has 0 saturated heterocycles. The maximum Gasteiger partial charge on any atom is 0.143 e. The second kappa shape index (κ2) is 25.2. The molecule has 2 aliphatic rings. The predicted molar refractivity (Wildman–Crippen MR) is 205 cm³/mol. The lowest BCUT2D eigenvalue weighted by Gasteiger charge is -2.22. The fourth-order valence-electron chi connectivity index (χ4n) is 4.57. The number of rotatable bonds is 11. The van der Waals surface area contributed by atoms with Gasteiger partial charge in [-0.1, -0.05) is 84.4 Å². The van der Waals surface area contributed by atoms with Crippen molar-refractivity contribution < 1.29 is 4.74 Å². The van der Waals surface area contributed by atoms with Crippen molar-refractivity contribution in [2.75, 3.05) is 25.5 Å². The first-order chi connectivity index (χ1) is 22.7. The highest BCUT2D eigenvalue weighted by atomic mass is 16.5. The van der Waals surface area contributed by atoms with Crippen molar-refractivity contribution >= 4 is 18.2 Å². The van der Waals surface area contributed by atoms with E-state index in [0.29, 0.717) is 37.2 Å². The lowest BCUT2D eigenvalue weighted by atomic mass is 9.97. The third-order valence-electron chi connectivity index (χ3n) is 7.22. The van der Waals surface area contributed by atoms with Crippen molar-refractivity contribution in [3.05, 3.63) is 108 Å². The third-order valence-corrected chi connectivity index (χ3v) is 7.22. The average molecular weight is 637 g/mol. The Labute approximate surface area is 285 Å². The Balaban J connectivity index is 0.000000850. The van der Waals surface area contributed by atoms with Crippen LogP contribution in [0.2, 0.25) is 0 Å². The van der Waals surface area contributed by atoms with E-state index in [1.54, 1.807) is 13.4 Å². The van der Waals surface area contributed by atoms with E-state index in [2.05, 4.69) is 109 Å². The van der Waals surface area contributed by atoms with Crippen LogP contribution in [0.1, 0.15) is 65.9 Å². The van der Waals surface area contributed by atoms with Crippen LogP contribution in [0.4, 0.5) is 5.69 Å². The van der Waals surface area contributed by atoms with Crippen molar-refractivity contribution in [2.45, 2.75) is 72.9 Å². The molecule has 0 aromatic heterocycles. The SMILES string of the molecule is C#C.C=C(C#N)C1=C/CCCC(NC=NC)C(C)/C=C\1.C=C1COc2ccc(CNC(=C)C(=C)C(=CCN=CC)CC)cc2N1.CC. The zero-order valence-corrected chi connectivity index (χ0v) is 29.5. The van der Waals surface area contributed by atoms with Gasteiger partial charge in [0.15, 0.2) is 0 Å². The molecule has 1 aliphatic heterocycles. The lowest BCUT2D eigenvalue weighted by Crippen LogP contribution is -2.33. The van der Waals surface area contributed by atoms with Gasteiger partial charge in [-0.3, -0.25) is 9.98 Å². The van der Waals surface area contributed by atoms with E-state index < -0.39 is 0 Å². The summed E-state index contributed by atoms with van der Waals surface area (Å²) >= 11 is 0. The molecular formula is C40H56N6O. The minimum absolute atomic E-state index is 0.396. The monoisotopic (exact) mass is 636 g/mol. The van der Waals surface area contributed by atoms with Crippen LogP contribution in [0.3, 0.4) is 0 Å². The summed E-state index contributed by atoms with van der Waals surface area (Å²) in [6.07, 6.45) is 24.0. The smallest absolute Gasteiger partial charge is 0.143 e. The predicted octanol–water partition coefficient (Wildman–Crippen LogP) is 8.85. The third kappa shape index (κ3) is 15.7. The molecule has 0 spiro atoms. The second-order valence-corrected chi connectivity index (χ2v) is 10.4. The summed E-state index contributed by atoms with van der Waals surface area (Å²) in [5.41, 5.74) is 7.38. The van der Waals surface area contributed by atoms with E-state index in [1.165, 1.54) is 5.57 Å². The molecule has 252 valence electrons. The molecule has 7 heteroatoms. The van der Waals surface area contributed by atoms with Gasteiger partial charge in [-0.15, -0.1) is 12.8 Å². The normalized spacial score (nSPS) is 18.7.